The zero-order valence-electron chi connectivity index (χ0n) is 15.9. The van der Waals surface area contributed by atoms with Crippen LogP contribution >= 0.6 is 0 Å². The van der Waals surface area contributed by atoms with Crippen LogP contribution in [0.15, 0.2) is 60.8 Å². The predicted octanol–water partition coefficient (Wildman–Crippen LogP) is 4.48. The lowest BCUT2D eigenvalue weighted by Gasteiger charge is -2.09. The summed E-state index contributed by atoms with van der Waals surface area (Å²) in [5.74, 6) is -0.647. The normalized spacial score (nSPS) is 10.2. The average molecular weight is 375 g/mol. The molecule has 1 aromatic heterocycles. The summed E-state index contributed by atoms with van der Waals surface area (Å²) < 4.78 is 4.68. The van der Waals surface area contributed by atoms with Crippen LogP contribution in [0, 0.1) is 13.8 Å². The number of carbonyl (C=O) groups is 2. The minimum Gasteiger partial charge on any atom is -0.465 e. The molecule has 0 aliphatic heterocycles. The first-order valence-electron chi connectivity index (χ1n) is 8.76. The van der Waals surface area contributed by atoms with Crippen molar-refractivity contribution in [1.82, 2.24) is 4.98 Å². The number of pyridine rings is 1. The van der Waals surface area contributed by atoms with Crippen molar-refractivity contribution >= 4 is 28.9 Å². The predicted molar refractivity (Wildman–Crippen MR) is 109 cm³/mol. The fourth-order valence-corrected chi connectivity index (χ4v) is 2.82. The summed E-state index contributed by atoms with van der Waals surface area (Å²) in [5, 5.41) is 6.04. The van der Waals surface area contributed by atoms with E-state index in [1.54, 1.807) is 42.6 Å². The highest BCUT2D eigenvalue weighted by Crippen LogP contribution is 2.18. The molecule has 142 valence electrons. The third kappa shape index (κ3) is 4.73. The Morgan fingerprint density at radius 2 is 1.50 bits per heavy atom. The van der Waals surface area contributed by atoms with Crippen molar-refractivity contribution in [2.45, 2.75) is 13.8 Å². The lowest BCUT2D eigenvalue weighted by molar-refractivity contribution is 0.0600. The summed E-state index contributed by atoms with van der Waals surface area (Å²) in [6.07, 6.45) is 1.59. The SMILES string of the molecule is COC(=O)c1ccc(Nc2ccc(C(=O)Nc3cc(C)cc(C)c3)nc2)cc1. The van der Waals surface area contributed by atoms with Crippen LogP contribution < -0.4 is 10.6 Å². The van der Waals surface area contributed by atoms with Crippen molar-refractivity contribution in [3.8, 4) is 0 Å². The number of carbonyl (C=O) groups excluding carboxylic acids is 2. The van der Waals surface area contributed by atoms with E-state index >= 15 is 0 Å². The molecule has 6 nitrogen and oxygen atoms in total. The molecule has 0 aliphatic rings. The van der Waals surface area contributed by atoms with Gasteiger partial charge in [-0.05, 0) is 73.5 Å². The number of nitrogens with zero attached hydrogens (tertiary/aromatic N) is 1. The maximum atomic E-state index is 12.4. The lowest BCUT2D eigenvalue weighted by atomic mass is 10.1. The van der Waals surface area contributed by atoms with Gasteiger partial charge in [-0.25, -0.2) is 9.78 Å². The average Bonchev–Trinajstić information content (AvgIpc) is 2.67. The van der Waals surface area contributed by atoms with Gasteiger partial charge >= 0.3 is 5.97 Å². The molecule has 0 fully saturated rings. The largest absolute Gasteiger partial charge is 0.465 e. The van der Waals surface area contributed by atoms with E-state index in [1.807, 2.05) is 32.0 Å². The highest BCUT2D eigenvalue weighted by Gasteiger charge is 2.09. The van der Waals surface area contributed by atoms with Crippen LogP contribution in [0.3, 0.4) is 0 Å². The van der Waals surface area contributed by atoms with E-state index in [0.29, 0.717) is 11.3 Å². The molecule has 3 aromatic rings. The van der Waals surface area contributed by atoms with Gasteiger partial charge in [-0.15, -0.1) is 0 Å². The smallest absolute Gasteiger partial charge is 0.337 e. The summed E-state index contributed by atoms with van der Waals surface area (Å²) in [7, 11) is 1.35. The molecule has 1 amide bonds. The Morgan fingerprint density at radius 1 is 0.857 bits per heavy atom. The van der Waals surface area contributed by atoms with Crippen molar-refractivity contribution in [1.29, 1.82) is 0 Å². The molecule has 0 unspecified atom stereocenters. The summed E-state index contributed by atoms with van der Waals surface area (Å²) in [4.78, 5) is 28.1. The van der Waals surface area contributed by atoms with Gasteiger partial charge in [0.1, 0.15) is 5.69 Å². The number of hydrogen-bond acceptors (Lipinski definition) is 5. The van der Waals surface area contributed by atoms with Crippen LogP contribution in [0.2, 0.25) is 0 Å². The monoisotopic (exact) mass is 375 g/mol. The first kappa shape index (κ1) is 19.1. The molecule has 0 atom stereocenters. The van der Waals surface area contributed by atoms with Crippen LogP contribution in [0.25, 0.3) is 0 Å². The zero-order chi connectivity index (χ0) is 20.1. The number of aromatic nitrogens is 1. The van der Waals surface area contributed by atoms with E-state index in [0.717, 1.165) is 28.2 Å². The Morgan fingerprint density at radius 3 is 2.07 bits per heavy atom. The van der Waals surface area contributed by atoms with E-state index in [9.17, 15) is 9.59 Å². The fourth-order valence-electron chi connectivity index (χ4n) is 2.82. The molecule has 0 aliphatic carbocycles. The molecule has 3 rings (SSSR count). The molecule has 2 aromatic carbocycles. The molecular weight excluding hydrogens is 354 g/mol. The quantitative estimate of drug-likeness (QED) is 0.643. The Balaban J connectivity index is 1.65. The van der Waals surface area contributed by atoms with Gasteiger partial charge in [0.05, 0.1) is 24.6 Å². The topological polar surface area (TPSA) is 80.3 Å². The maximum absolute atomic E-state index is 12.4. The van der Waals surface area contributed by atoms with E-state index in [4.69, 9.17) is 0 Å². The van der Waals surface area contributed by atoms with Gasteiger partial charge < -0.3 is 15.4 Å². The van der Waals surface area contributed by atoms with E-state index in [1.165, 1.54) is 7.11 Å². The second-order valence-corrected chi connectivity index (χ2v) is 6.46. The van der Waals surface area contributed by atoms with Crippen LogP contribution in [-0.2, 0) is 4.74 Å². The molecule has 2 N–H and O–H groups in total. The number of benzene rings is 2. The van der Waals surface area contributed by atoms with Gasteiger partial charge in [0.15, 0.2) is 0 Å². The summed E-state index contributed by atoms with van der Waals surface area (Å²) in [6.45, 7) is 3.97. The Hall–Kier alpha value is -3.67. The van der Waals surface area contributed by atoms with E-state index in [2.05, 4.69) is 20.4 Å². The summed E-state index contributed by atoms with van der Waals surface area (Å²) in [5.41, 5.74) is 5.24. The molecule has 0 spiro atoms. The van der Waals surface area contributed by atoms with Crippen molar-refractivity contribution in [3.63, 3.8) is 0 Å². The molecule has 0 saturated heterocycles. The minimum atomic E-state index is -0.382. The number of aryl methyl sites for hydroxylation is 2. The molecule has 28 heavy (non-hydrogen) atoms. The summed E-state index contributed by atoms with van der Waals surface area (Å²) in [6, 6.07) is 16.2. The standard InChI is InChI=1S/C22H21N3O3/c1-14-10-15(2)12-19(11-14)25-21(26)20-9-8-18(13-23-20)24-17-6-4-16(5-7-17)22(27)28-3/h4-13,24H,1-3H3,(H,25,26). The van der Waals surface area contributed by atoms with Crippen molar-refractivity contribution < 1.29 is 14.3 Å². The first-order chi connectivity index (χ1) is 13.4. The Bertz CT molecular complexity index is 976. The molecule has 0 bridgehead atoms. The number of nitrogens with one attached hydrogen (secondary N) is 2. The second-order valence-electron chi connectivity index (χ2n) is 6.46. The number of esters is 1. The van der Waals surface area contributed by atoms with E-state index in [-0.39, 0.29) is 11.9 Å². The highest BCUT2D eigenvalue weighted by molar-refractivity contribution is 6.03. The van der Waals surface area contributed by atoms with Crippen LogP contribution in [-0.4, -0.2) is 24.0 Å². The summed E-state index contributed by atoms with van der Waals surface area (Å²) >= 11 is 0. The minimum absolute atomic E-state index is 0.265. The van der Waals surface area contributed by atoms with Crippen LogP contribution in [0.1, 0.15) is 32.0 Å². The number of hydrogen-bond donors (Lipinski definition) is 2. The van der Waals surface area contributed by atoms with Crippen molar-refractivity contribution in [2.24, 2.45) is 0 Å². The first-order valence-corrected chi connectivity index (χ1v) is 8.76. The van der Waals surface area contributed by atoms with Gasteiger partial charge in [-0.3, -0.25) is 4.79 Å². The molecule has 6 heteroatoms. The highest BCUT2D eigenvalue weighted by atomic mass is 16.5. The van der Waals surface area contributed by atoms with Gasteiger partial charge in [0, 0.05) is 11.4 Å². The van der Waals surface area contributed by atoms with Crippen LogP contribution in [0.4, 0.5) is 17.1 Å². The molecule has 0 radical (unpaired) electrons. The Labute approximate surface area is 163 Å². The van der Waals surface area contributed by atoms with Gasteiger partial charge in [-0.2, -0.15) is 0 Å². The number of methoxy groups -OCH3 is 1. The second kappa shape index (κ2) is 8.35. The zero-order valence-corrected chi connectivity index (χ0v) is 15.9. The van der Waals surface area contributed by atoms with Gasteiger partial charge in [-0.1, -0.05) is 6.07 Å². The number of amides is 1. The molecular formula is C22H21N3O3. The van der Waals surface area contributed by atoms with Crippen LogP contribution in [0.5, 0.6) is 0 Å². The van der Waals surface area contributed by atoms with E-state index < -0.39 is 0 Å². The number of rotatable bonds is 5. The number of ether oxygens (including phenoxy) is 1. The van der Waals surface area contributed by atoms with Crippen molar-refractivity contribution in [2.75, 3.05) is 17.7 Å². The lowest BCUT2D eigenvalue weighted by Crippen LogP contribution is -2.13. The third-order valence-electron chi connectivity index (χ3n) is 4.07. The molecule has 0 saturated carbocycles. The van der Waals surface area contributed by atoms with Gasteiger partial charge in [0.2, 0.25) is 0 Å². The molecule has 1 heterocycles. The Kier molecular flexibility index (Phi) is 5.69. The van der Waals surface area contributed by atoms with Crippen molar-refractivity contribution in [3.05, 3.63) is 83.2 Å². The van der Waals surface area contributed by atoms with Gasteiger partial charge in [0.25, 0.3) is 5.91 Å². The fraction of sp³-hybridized carbons (Fsp3) is 0.136. The maximum Gasteiger partial charge on any atom is 0.337 e. The third-order valence-corrected chi connectivity index (χ3v) is 4.07. The number of anilines is 3.